The van der Waals surface area contributed by atoms with Crippen molar-refractivity contribution in [3.05, 3.63) is 35.9 Å². The minimum absolute atomic E-state index is 0.303. The summed E-state index contributed by atoms with van der Waals surface area (Å²) in [4.78, 5) is 8.77. The van der Waals surface area contributed by atoms with Crippen molar-refractivity contribution >= 4 is 17.0 Å². The Bertz CT molecular complexity index is 294. The highest BCUT2D eigenvalue weighted by molar-refractivity contribution is 6.60. The van der Waals surface area contributed by atoms with Gasteiger partial charge in [-0.1, -0.05) is 37.3 Å². The number of carbonyl (C=O) groups is 1. The molecule has 0 fully saturated rings. The number of carboxylic acid groups (broad SMARTS) is 1. The Labute approximate surface area is 92.7 Å². The number of hydrogen-bond acceptors (Lipinski definition) is 3. The van der Waals surface area contributed by atoms with E-state index in [-0.39, 0.29) is 0 Å². The van der Waals surface area contributed by atoms with Gasteiger partial charge in [0, 0.05) is 23.6 Å². The molecule has 0 aliphatic carbocycles. The molecule has 0 saturated heterocycles. The first-order chi connectivity index (χ1) is 6.90. The van der Waals surface area contributed by atoms with Crippen molar-refractivity contribution in [3.8, 4) is 0 Å². The van der Waals surface area contributed by atoms with E-state index in [0.717, 1.165) is 0 Å². The molecule has 0 saturated carbocycles. The third-order valence-corrected chi connectivity index (χ3v) is 1.73. The van der Waals surface area contributed by atoms with Gasteiger partial charge in [-0.15, -0.1) is 0 Å². The van der Waals surface area contributed by atoms with E-state index in [2.05, 4.69) is 11.6 Å². The number of halogens is 1. The molecule has 1 aromatic carbocycles. The van der Waals surface area contributed by atoms with E-state index in [0.29, 0.717) is 12.0 Å². The first kappa shape index (κ1) is 13.9. The van der Waals surface area contributed by atoms with Crippen LogP contribution < -0.4 is 0 Å². The maximum absolute atomic E-state index is 9.35. The summed E-state index contributed by atoms with van der Waals surface area (Å²) in [6.45, 7) is 1.73. The van der Waals surface area contributed by atoms with E-state index < -0.39 is 11.2 Å². The molecule has 5 heteroatoms. The summed E-state index contributed by atoms with van der Waals surface area (Å²) in [5.41, 5.74) is -0.817. The molecule has 84 valence electrons. The standard InChI is InChI=1S/C9H12O2.CHClO2/c1-2-9(10,11)8-6-4-3-5-7-8;2-1(3)4/h3-7,10-11H,2H2,1H3;(H,3,4). The molecule has 0 unspecified atom stereocenters. The fraction of sp³-hybridized carbons (Fsp3) is 0.300. The molecule has 0 aliphatic heterocycles. The topological polar surface area (TPSA) is 77.8 Å². The maximum Gasteiger partial charge on any atom is 0.401 e. The molecule has 1 rings (SSSR count). The van der Waals surface area contributed by atoms with Crippen molar-refractivity contribution in [3.63, 3.8) is 0 Å². The average Bonchev–Trinajstić information content (AvgIpc) is 2.18. The summed E-state index contributed by atoms with van der Waals surface area (Å²) in [7, 11) is 0. The zero-order valence-electron chi connectivity index (χ0n) is 8.22. The highest BCUT2D eigenvalue weighted by Crippen LogP contribution is 2.20. The summed E-state index contributed by atoms with van der Waals surface area (Å²) in [5, 5.41) is 25.9. The molecule has 0 heterocycles. The van der Waals surface area contributed by atoms with Crippen molar-refractivity contribution in [2.75, 3.05) is 0 Å². The van der Waals surface area contributed by atoms with Crippen LogP contribution >= 0.6 is 11.6 Å². The normalized spacial score (nSPS) is 10.1. The first-order valence-electron chi connectivity index (χ1n) is 4.29. The maximum atomic E-state index is 9.35. The van der Waals surface area contributed by atoms with Crippen molar-refractivity contribution in [2.45, 2.75) is 19.1 Å². The lowest BCUT2D eigenvalue weighted by atomic mass is 10.0. The van der Waals surface area contributed by atoms with E-state index in [9.17, 15) is 10.2 Å². The van der Waals surface area contributed by atoms with Crippen LogP contribution in [0.15, 0.2) is 30.3 Å². The molecule has 3 N–H and O–H groups in total. The minimum Gasteiger partial charge on any atom is -0.469 e. The van der Waals surface area contributed by atoms with Crippen molar-refractivity contribution < 1.29 is 20.1 Å². The summed E-state index contributed by atoms with van der Waals surface area (Å²) < 4.78 is 0. The lowest BCUT2D eigenvalue weighted by Crippen LogP contribution is -2.23. The van der Waals surface area contributed by atoms with Gasteiger partial charge in [-0.05, 0) is 0 Å². The SMILES string of the molecule is CCC(O)(O)c1ccccc1.O=C(O)Cl. The summed E-state index contributed by atoms with van der Waals surface area (Å²) >= 11 is 4.19. The van der Waals surface area contributed by atoms with Crippen LogP contribution in [0, 0.1) is 0 Å². The van der Waals surface area contributed by atoms with E-state index in [1.807, 2.05) is 6.07 Å². The van der Waals surface area contributed by atoms with E-state index in [4.69, 9.17) is 9.90 Å². The van der Waals surface area contributed by atoms with Crippen molar-refractivity contribution in [2.24, 2.45) is 0 Å². The summed E-state index contributed by atoms with van der Waals surface area (Å²) in [6, 6.07) is 8.81. The Hall–Kier alpha value is -1.10. The van der Waals surface area contributed by atoms with Gasteiger partial charge in [0.2, 0.25) is 0 Å². The molecular weight excluding hydrogens is 220 g/mol. The number of rotatable bonds is 2. The second-order valence-corrected chi connectivity index (χ2v) is 3.11. The fourth-order valence-electron chi connectivity index (χ4n) is 0.909. The number of hydrogen-bond donors (Lipinski definition) is 3. The van der Waals surface area contributed by atoms with Crippen molar-refractivity contribution in [1.82, 2.24) is 0 Å². The van der Waals surface area contributed by atoms with Crippen LogP contribution in [0.2, 0.25) is 0 Å². The Morgan fingerprint density at radius 3 is 2.07 bits per heavy atom. The van der Waals surface area contributed by atoms with Crippen molar-refractivity contribution in [1.29, 1.82) is 0 Å². The predicted molar refractivity (Wildman–Crippen MR) is 56.7 cm³/mol. The molecule has 0 aliphatic rings. The van der Waals surface area contributed by atoms with Gasteiger partial charge in [-0.25, -0.2) is 4.79 Å². The zero-order chi connectivity index (χ0) is 11.9. The lowest BCUT2D eigenvalue weighted by molar-refractivity contribution is -0.171. The van der Waals surface area contributed by atoms with Crippen LogP contribution in [0.25, 0.3) is 0 Å². The van der Waals surface area contributed by atoms with Gasteiger partial charge >= 0.3 is 5.43 Å². The third-order valence-electron chi connectivity index (χ3n) is 1.73. The van der Waals surface area contributed by atoms with E-state index >= 15 is 0 Å². The highest BCUT2D eigenvalue weighted by atomic mass is 35.5. The third kappa shape index (κ3) is 6.06. The van der Waals surface area contributed by atoms with Gasteiger partial charge in [-0.3, -0.25) is 0 Å². The second kappa shape index (κ2) is 6.40. The van der Waals surface area contributed by atoms with Gasteiger partial charge in [0.15, 0.2) is 5.79 Å². The summed E-state index contributed by atoms with van der Waals surface area (Å²) in [6.07, 6.45) is 0.303. The first-order valence-corrected chi connectivity index (χ1v) is 4.66. The molecular formula is C10H13ClO4. The van der Waals surface area contributed by atoms with Gasteiger partial charge in [-0.2, -0.15) is 0 Å². The molecule has 4 nitrogen and oxygen atoms in total. The Morgan fingerprint density at radius 2 is 1.73 bits per heavy atom. The zero-order valence-corrected chi connectivity index (χ0v) is 8.98. The van der Waals surface area contributed by atoms with Crippen LogP contribution in [0.3, 0.4) is 0 Å². The molecule has 15 heavy (non-hydrogen) atoms. The van der Waals surface area contributed by atoms with Gasteiger partial charge < -0.3 is 15.3 Å². The molecule has 0 atom stereocenters. The quantitative estimate of drug-likeness (QED) is 0.539. The smallest absolute Gasteiger partial charge is 0.401 e. The molecule has 0 aromatic heterocycles. The Morgan fingerprint density at radius 1 is 1.33 bits per heavy atom. The van der Waals surface area contributed by atoms with Crippen LogP contribution in [0.1, 0.15) is 18.9 Å². The van der Waals surface area contributed by atoms with E-state index in [1.54, 1.807) is 31.2 Å². The van der Waals surface area contributed by atoms with E-state index in [1.165, 1.54) is 0 Å². The monoisotopic (exact) mass is 232 g/mol. The lowest BCUT2D eigenvalue weighted by Gasteiger charge is -2.19. The minimum atomic E-state index is -1.67. The van der Waals surface area contributed by atoms with Gasteiger partial charge in [0.05, 0.1) is 0 Å². The number of aliphatic hydroxyl groups is 2. The molecule has 0 bridgehead atoms. The molecule has 0 amide bonds. The Kier molecular flexibility index (Phi) is 5.93. The molecule has 1 aromatic rings. The predicted octanol–water partition coefficient (Wildman–Crippen LogP) is 2.14. The summed E-state index contributed by atoms with van der Waals surface area (Å²) in [5.74, 6) is -1.67. The number of benzene rings is 1. The Balaban J connectivity index is 0.000000423. The fourth-order valence-corrected chi connectivity index (χ4v) is 0.909. The van der Waals surface area contributed by atoms with Crippen LogP contribution in [0.4, 0.5) is 4.79 Å². The molecule has 0 spiro atoms. The van der Waals surface area contributed by atoms with Crippen LogP contribution in [-0.2, 0) is 5.79 Å². The van der Waals surface area contributed by atoms with Crippen LogP contribution in [-0.4, -0.2) is 20.7 Å². The van der Waals surface area contributed by atoms with Gasteiger partial charge in [0.1, 0.15) is 0 Å². The molecule has 0 radical (unpaired) electrons. The largest absolute Gasteiger partial charge is 0.469 e. The average molecular weight is 233 g/mol. The van der Waals surface area contributed by atoms with Crippen LogP contribution in [0.5, 0.6) is 0 Å². The highest BCUT2D eigenvalue weighted by Gasteiger charge is 2.21. The van der Waals surface area contributed by atoms with Gasteiger partial charge in [0.25, 0.3) is 0 Å². The second-order valence-electron chi connectivity index (χ2n) is 2.79.